The lowest BCUT2D eigenvalue weighted by atomic mass is 9.92. The Hall–Kier alpha value is -1.74. The fourth-order valence-corrected chi connectivity index (χ4v) is 2.73. The maximum absolute atomic E-state index is 13.1. The smallest absolute Gasteiger partial charge is 0.123 e. The lowest BCUT2D eigenvalue weighted by Crippen LogP contribution is -2.05. The zero-order valence-electron chi connectivity index (χ0n) is 11.8. The van der Waals surface area contributed by atoms with E-state index in [1.807, 2.05) is 13.8 Å². The number of aryl methyl sites for hydroxylation is 1. The summed E-state index contributed by atoms with van der Waals surface area (Å²) in [4.78, 5) is 4.68. The molecule has 1 aliphatic carbocycles. The van der Waals surface area contributed by atoms with Crippen LogP contribution in [0.3, 0.4) is 0 Å². The van der Waals surface area contributed by atoms with Crippen LogP contribution in [0, 0.1) is 19.7 Å². The van der Waals surface area contributed by atoms with Gasteiger partial charge in [-0.25, -0.2) is 4.39 Å². The number of aliphatic hydroxyl groups is 1. The minimum absolute atomic E-state index is 0.0212. The molecule has 0 saturated heterocycles. The Balaban J connectivity index is 2.24. The highest BCUT2D eigenvalue weighted by Crippen LogP contribution is 2.44. The average molecular weight is 271 g/mol. The second-order valence-corrected chi connectivity index (χ2v) is 5.50. The Labute approximate surface area is 118 Å². The fourth-order valence-electron chi connectivity index (χ4n) is 2.73. The number of hydrogen-bond donors (Lipinski definition) is 1. The molecule has 1 aliphatic rings. The zero-order chi connectivity index (χ0) is 14.3. The SMILES string of the molecule is Cc1nc(C2CC2)c(CO)c(-c2ccc(F)cc2)c1C. The van der Waals surface area contributed by atoms with Crippen LogP contribution in [-0.4, -0.2) is 10.1 Å². The number of hydrogen-bond acceptors (Lipinski definition) is 2. The van der Waals surface area contributed by atoms with Gasteiger partial charge in [-0.2, -0.15) is 0 Å². The van der Waals surface area contributed by atoms with E-state index in [0.717, 1.165) is 46.5 Å². The zero-order valence-corrected chi connectivity index (χ0v) is 11.8. The molecule has 0 amide bonds. The van der Waals surface area contributed by atoms with Gasteiger partial charge in [0.1, 0.15) is 5.82 Å². The predicted octanol–water partition coefficient (Wildman–Crippen LogP) is 3.87. The van der Waals surface area contributed by atoms with Gasteiger partial charge in [0.15, 0.2) is 0 Å². The van der Waals surface area contributed by atoms with Gasteiger partial charge in [0, 0.05) is 22.9 Å². The highest BCUT2D eigenvalue weighted by Gasteiger charge is 2.30. The maximum Gasteiger partial charge on any atom is 0.123 e. The van der Waals surface area contributed by atoms with Gasteiger partial charge in [-0.05, 0) is 55.5 Å². The van der Waals surface area contributed by atoms with Crippen LogP contribution in [0.2, 0.25) is 0 Å². The number of halogens is 1. The van der Waals surface area contributed by atoms with Crippen LogP contribution in [0.1, 0.15) is 41.3 Å². The van der Waals surface area contributed by atoms with E-state index in [-0.39, 0.29) is 12.4 Å². The summed E-state index contributed by atoms with van der Waals surface area (Å²) in [5, 5.41) is 9.79. The minimum atomic E-state index is -0.245. The first kappa shape index (κ1) is 13.3. The van der Waals surface area contributed by atoms with Crippen molar-refractivity contribution in [3.63, 3.8) is 0 Å². The van der Waals surface area contributed by atoms with Crippen LogP contribution in [0.25, 0.3) is 11.1 Å². The molecule has 1 N–H and O–H groups in total. The van der Waals surface area contributed by atoms with Gasteiger partial charge in [0.2, 0.25) is 0 Å². The van der Waals surface area contributed by atoms with Crippen molar-refractivity contribution in [1.29, 1.82) is 0 Å². The Bertz CT molecular complexity index is 645. The summed E-state index contributed by atoms with van der Waals surface area (Å²) >= 11 is 0. The van der Waals surface area contributed by atoms with Crippen molar-refractivity contribution in [3.05, 3.63) is 52.6 Å². The summed E-state index contributed by atoms with van der Waals surface area (Å²) < 4.78 is 13.1. The van der Waals surface area contributed by atoms with Crippen molar-refractivity contribution in [1.82, 2.24) is 4.98 Å². The maximum atomic E-state index is 13.1. The van der Waals surface area contributed by atoms with E-state index in [4.69, 9.17) is 0 Å². The fraction of sp³-hybridized carbons (Fsp3) is 0.353. The van der Waals surface area contributed by atoms with Gasteiger partial charge >= 0.3 is 0 Å². The summed E-state index contributed by atoms with van der Waals surface area (Å²) in [6, 6.07) is 6.46. The summed E-state index contributed by atoms with van der Waals surface area (Å²) in [6.07, 6.45) is 2.29. The molecule has 0 aliphatic heterocycles. The second kappa shape index (κ2) is 4.98. The Morgan fingerprint density at radius 3 is 2.40 bits per heavy atom. The van der Waals surface area contributed by atoms with Gasteiger partial charge < -0.3 is 5.11 Å². The van der Waals surface area contributed by atoms with E-state index < -0.39 is 0 Å². The molecule has 1 fully saturated rings. The average Bonchev–Trinajstić information content (AvgIpc) is 3.27. The highest BCUT2D eigenvalue weighted by molar-refractivity contribution is 5.72. The van der Waals surface area contributed by atoms with Gasteiger partial charge in [0.25, 0.3) is 0 Å². The molecule has 0 radical (unpaired) electrons. The van der Waals surface area contributed by atoms with E-state index in [1.54, 1.807) is 12.1 Å². The Kier molecular flexibility index (Phi) is 3.30. The van der Waals surface area contributed by atoms with Crippen LogP contribution in [0.4, 0.5) is 4.39 Å². The van der Waals surface area contributed by atoms with Crippen LogP contribution >= 0.6 is 0 Å². The summed E-state index contributed by atoms with van der Waals surface area (Å²) in [7, 11) is 0. The third-order valence-corrected chi connectivity index (χ3v) is 4.07. The molecular weight excluding hydrogens is 253 g/mol. The van der Waals surface area contributed by atoms with E-state index in [1.165, 1.54) is 12.1 Å². The molecule has 0 spiro atoms. The summed E-state index contributed by atoms with van der Waals surface area (Å²) in [6.45, 7) is 3.99. The number of nitrogens with zero attached hydrogens (tertiary/aromatic N) is 1. The van der Waals surface area contributed by atoms with E-state index in [2.05, 4.69) is 4.98 Å². The quantitative estimate of drug-likeness (QED) is 0.919. The molecule has 3 rings (SSSR count). The lowest BCUT2D eigenvalue weighted by molar-refractivity contribution is 0.280. The minimum Gasteiger partial charge on any atom is -0.392 e. The molecule has 20 heavy (non-hydrogen) atoms. The number of aromatic nitrogens is 1. The summed E-state index contributed by atoms with van der Waals surface area (Å²) in [5.41, 5.74) is 5.94. The first-order chi connectivity index (χ1) is 9.61. The highest BCUT2D eigenvalue weighted by atomic mass is 19.1. The van der Waals surface area contributed by atoms with Crippen molar-refractivity contribution < 1.29 is 9.50 Å². The monoisotopic (exact) mass is 271 g/mol. The van der Waals surface area contributed by atoms with Crippen molar-refractivity contribution in [2.45, 2.75) is 39.2 Å². The van der Waals surface area contributed by atoms with Crippen molar-refractivity contribution in [2.75, 3.05) is 0 Å². The van der Waals surface area contributed by atoms with Gasteiger partial charge in [0.05, 0.1) is 6.61 Å². The molecule has 0 unspecified atom stereocenters. The van der Waals surface area contributed by atoms with Gasteiger partial charge in [-0.15, -0.1) is 0 Å². The van der Waals surface area contributed by atoms with Crippen LogP contribution < -0.4 is 0 Å². The standard InChI is InChI=1S/C17H18FNO/c1-10-11(2)19-17(13-3-4-13)15(9-20)16(10)12-5-7-14(18)8-6-12/h5-8,13,20H,3-4,9H2,1-2H3. The van der Waals surface area contributed by atoms with Gasteiger partial charge in [-0.3, -0.25) is 4.98 Å². The van der Waals surface area contributed by atoms with Crippen LogP contribution in [-0.2, 0) is 6.61 Å². The third-order valence-electron chi connectivity index (χ3n) is 4.07. The normalized spacial score (nSPS) is 14.6. The van der Waals surface area contributed by atoms with Crippen molar-refractivity contribution in [2.24, 2.45) is 0 Å². The van der Waals surface area contributed by atoms with Crippen LogP contribution in [0.5, 0.6) is 0 Å². The van der Waals surface area contributed by atoms with E-state index in [9.17, 15) is 9.50 Å². The Morgan fingerprint density at radius 1 is 1.20 bits per heavy atom. The molecule has 0 bridgehead atoms. The molecular formula is C17H18FNO. The molecule has 1 aromatic heterocycles. The molecule has 2 nitrogen and oxygen atoms in total. The molecule has 1 heterocycles. The van der Waals surface area contributed by atoms with Crippen molar-refractivity contribution >= 4 is 0 Å². The topological polar surface area (TPSA) is 33.1 Å². The van der Waals surface area contributed by atoms with Gasteiger partial charge in [-0.1, -0.05) is 12.1 Å². The lowest BCUT2D eigenvalue weighted by Gasteiger charge is -2.17. The molecule has 0 atom stereocenters. The molecule has 3 heteroatoms. The number of rotatable bonds is 3. The molecule has 104 valence electrons. The van der Waals surface area contributed by atoms with E-state index >= 15 is 0 Å². The third kappa shape index (κ3) is 2.22. The predicted molar refractivity (Wildman–Crippen MR) is 77.0 cm³/mol. The summed E-state index contributed by atoms with van der Waals surface area (Å²) in [5.74, 6) is 0.237. The number of benzene rings is 1. The first-order valence-corrected chi connectivity index (χ1v) is 6.98. The number of aliphatic hydroxyl groups excluding tert-OH is 1. The van der Waals surface area contributed by atoms with Crippen molar-refractivity contribution in [3.8, 4) is 11.1 Å². The number of pyridine rings is 1. The molecule has 1 saturated carbocycles. The van der Waals surface area contributed by atoms with E-state index in [0.29, 0.717) is 5.92 Å². The Morgan fingerprint density at radius 2 is 1.85 bits per heavy atom. The molecule has 1 aromatic carbocycles. The molecule has 2 aromatic rings. The van der Waals surface area contributed by atoms with Crippen LogP contribution in [0.15, 0.2) is 24.3 Å². The second-order valence-electron chi connectivity index (χ2n) is 5.50. The first-order valence-electron chi connectivity index (χ1n) is 6.98. The largest absolute Gasteiger partial charge is 0.392 e.